The van der Waals surface area contributed by atoms with E-state index in [-0.39, 0.29) is 5.60 Å². The lowest BCUT2D eigenvalue weighted by atomic mass is 10.0. The van der Waals surface area contributed by atoms with Gasteiger partial charge in [0, 0.05) is 23.3 Å². The largest absolute Gasteiger partial charge is 0.673 e. The van der Waals surface area contributed by atoms with E-state index in [2.05, 4.69) is 118 Å². The molecule has 0 N–H and O–H groups in total. The van der Waals surface area contributed by atoms with E-state index < -0.39 is 7.25 Å². The van der Waals surface area contributed by atoms with Gasteiger partial charge in [-0.05, 0) is 68.3 Å². The van der Waals surface area contributed by atoms with Crippen LogP contribution in [0.2, 0.25) is 0 Å². The van der Waals surface area contributed by atoms with Crippen LogP contribution in [0, 0.1) is 0 Å². The third-order valence-corrected chi connectivity index (χ3v) is 5.67. The number of halogens is 4. The van der Waals surface area contributed by atoms with E-state index in [1.54, 1.807) is 0 Å². The second-order valence-corrected chi connectivity index (χ2v) is 9.62. The summed E-state index contributed by atoms with van der Waals surface area (Å²) in [5.74, 6) is 0.895. The van der Waals surface area contributed by atoms with Gasteiger partial charge in [-0.15, -0.1) is 0 Å². The van der Waals surface area contributed by atoms with Crippen molar-refractivity contribution in [2.45, 2.75) is 26.4 Å². The monoisotopic (exact) mass is 484 g/mol. The Morgan fingerprint density at radius 2 is 1.00 bits per heavy atom. The molecule has 1 nitrogen and oxygen atoms in total. The summed E-state index contributed by atoms with van der Waals surface area (Å²) >= 11 is 1.82. The number of benzene rings is 3. The number of ether oxygens (including phenoxy) is 1. The van der Waals surface area contributed by atoms with E-state index in [4.69, 9.17) is 4.74 Å². The molecule has 0 radical (unpaired) electrons. The van der Waals surface area contributed by atoms with Gasteiger partial charge in [-0.2, -0.15) is 0 Å². The van der Waals surface area contributed by atoms with Crippen molar-refractivity contribution < 1.29 is 22.0 Å². The molecule has 0 fully saturated rings. The van der Waals surface area contributed by atoms with Gasteiger partial charge in [-0.1, -0.05) is 48.5 Å². The zero-order valence-corrected chi connectivity index (χ0v) is 20.0. The van der Waals surface area contributed by atoms with E-state index in [9.17, 15) is 17.3 Å². The molecular formula is C27H25BF4OS. The summed E-state index contributed by atoms with van der Waals surface area (Å²) in [6, 6.07) is 34.1. The normalized spacial score (nSPS) is 11.4. The van der Waals surface area contributed by atoms with Crippen LogP contribution < -0.4 is 4.74 Å². The van der Waals surface area contributed by atoms with Crippen LogP contribution in [-0.4, -0.2) is 12.9 Å². The fourth-order valence-corrected chi connectivity index (χ4v) is 4.34. The maximum Gasteiger partial charge on any atom is 0.673 e. The summed E-state index contributed by atoms with van der Waals surface area (Å²) in [5, 5.41) is 0. The smallest absolute Gasteiger partial charge is 0.488 e. The molecule has 0 aliphatic heterocycles. The first-order chi connectivity index (χ1) is 16.0. The van der Waals surface area contributed by atoms with Crippen molar-refractivity contribution in [3.63, 3.8) is 0 Å². The second kappa shape index (κ2) is 10.8. The summed E-state index contributed by atoms with van der Waals surface area (Å²) in [5.41, 5.74) is 4.68. The Kier molecular flexibility index (Phi) is 8.10. The Bertz CT molecular complexity index is 1130. The molecule has 1 aromatic heterocycles. The third kappa shape index (κ3) is 8.30. The molecular weight excluding hydrogens is 459 g/mol. The Morgan fingerprint density at radius 3 is 1.38 bits per heavy atom. The molecule has 0 aliphatic rings. The van der Waals surface area contributed by atoms with Gasteiger partial charge in [0.2, 0.25) is 21.1 Å². The summed E-state index contributed by atoms with van der Waals surface area (Å²) in [6.07, 6.45) is 0. The highest BCUT2D eigenvalue weighted by Gasteiger charge is 2.21. The summed E-state index contributed by atoms with van der Waals surface area (Å²) in [7, 11) is -6.00. The lowest BCUT2D eigenvalue weighted by Crippen LogP contribution is -2.22. The van der Waals surface area contributed by atoms with Crippen molar-refractivity contribution in [1.82, 2.24) is 0 Å². The van der Waals surface area contributed by atoms with E-state index in [1.807, 2.05) is 11.3 Å². The first-order valence-electron chi connectivity index (χ1n) is 10.7. The van der Waals surface area contributed by atoms with Crippen molar-refractivity contribution in [2.75, 3.05) is 0 Å². The zero-order chi connectivity index (χ0) is 24.8. The molecule has 0 unspecified atom stereocenters. The standard InChI is InChI=1S/C27H25OS.BF4/c1-27(2,3)28-24-16-14-20(15-17-24)23-18-25(21-10-6-4-7-11-21)29-26(19-23)22-12-8-5-9-13-22;2-1(3,4)5/h4-19H,1-3H3;/q+1;-1. The summed E-state index contributed by atoms with van der Waals surface area (Å²) < 4.78 is 45.0. The lowest BCUT2D eigenvalue weighted by molar-refractivity contribution is 0.131. The number of hydrogen-bond acceptors (Lipinski definition) is 1. The zero-order valence-electron chi connectivity index (χ0n) is 19.1. The minimum atomic E-state index is -6.00. The highest BCUT2D eigenvalue weighted by molar-refractivity contribution is 7.18. The fourth-order valence-electron chi connectivity index (χ4n) is 3.23. The molecule has 0 saturated carbocycles. The van der Waals surface area contributed by atoms with Crippen LogP contribution in [0.15, 0.2) is 97.1 Å². The predicted octanol–water partition coefficient (Wildman–Crippen LogP) is 9.51. The van der Waals surface area contributed by atoms with E-state index >= 15 is 0 Å². The van der Waals surface area contributed by atoms with Crippen LogP contribution in [0.4, 0.5) is 17.3 Å². The molecule has 7 heteroatoms. The molecule has 0 amide bonds. The molecule has 176 valence electrons. The van der Waals surface area contributed by atoms with Crippen molar-refractivity contribution in [3.05, 3.63) is 97.1 Å². The minimum absolute atomic E-state index is 0.198. The van der Waals surface area contributed by atoms with Crippen LogP contribution in [-0.2, 0) is 0 Å². The van der Waals surface area contributed by atoms with E-state index in [0.717, 1.165) is 5.75 Å². The number of hydrogen-bond donors (Lipinski definition) is 0. The van der Waals surface area contributed by atoms with Crippen molar-refractivity contribution in [2.24, 2.45) is 0 Å². The minimum Gasteiger partial charge on any atom is -0.488 e. The van der Waals surface area contributed by atoms with Gasteiger partial charge in [-0.25, -0.2) is 0 Å². The second-order valence-electron chi connectivity index (χ2n) is 8.54. The topological polar surface area (TPSA) is 9.23 Å². The van der Waals surface area contributed by atoms with Gasteiger partial charge in [-0.3, -0.25) is 0 Å². The number of rotatable bonds is 4. The maximum atomic E-state index is 9.75. The molecule has 4 aromatic rings. The summed E-state index contributed by atoms with van der Waals surface area (Å²) in [6.45, 7) is 6.20. The van der Waals surface area contributed by atoms with Crippen LogP contribution in [0.3, 0.4) is 0 Å². The quantitative estimate of drug-likeness (QED) is 0.159. The SMILES string of the molecule is CC(C)(C)Oc1ccc(-c2cc(-c3ccccc3)[s+]c(-c3ccccc3)c2)cc1.F[B-](F)(F)F. The van der Waals surface area contributed by atoms with Gasteiger partial charge in [0.25, 0.3) is 0 Å². The van der Waals surface area contributed by atoms with Crippen molar-refractivity contribution >= 4 is 18.6 Å². The molecule has 1 heterocycles. The van der Waals surface area contributed by atoms with Crippen molar-refractivity contribution in [3.8, 4) is 37.8 Å². The third-order valence-electron chi connectivity index (χ3n) is 4.52. The molecule has 0 atom stereocenters. The molecule has 0 aliphatic carbocycles. The Hall–Kier alpha value is -3.19. The molecule has 0 bridgehead atoms. The summed E-state index contributed by atoms with van der Waals surface area (Å²) in [4.78, 5) is 2.52. The Morgan fingerprint density at radius 1 is 0.588 bits per heavy atom. The molecule has 3 aromatic carbocycles. The molecule has 0 saturated heterocycles. The van der Waals surface area contributed by atoms with E-state index in [1.165, 1.54) is 32.0 Å². The highest BCUT2D eigenvalue weighted by atomic mass is 32.1. The van der Waals surface area contributed by atoms with Crippen LogP contribution in [0.5, 0.6) is 5.75 Å². The van der Waals surface area contributed by atoms with Gasteiger partial charge in [0.1, 0.15) is 11.4 Å². The van der Waals surface area contributed by atoms with Crippen LogP contribution in [0.25, 0.3) is 32.0 Å². The highest BCUT2D eigenvalue weighted by Crippen LogP contribution is 2.37. The van der Waals surface area contributed by atoms with Crippen LogP contribution >= 0.6 is 11.3 Å². The first-order valence-corrected chi connectivity index (χ1v) is 11.6. The fraction of sp³-hybridized carbons (Fsp3) is 0.148. The van der Waals surface area contributed by atoms with Crippen LogP contribution in [0.1, 0.15) is 20.8 Å². The molecule has 4 rings (SSSR count). The Balaban J connectivity index is 0.000000588. The van der Waals surface area contributed by atoms with Gasteiger partial charge < -0.3 is 22.0 Å². The van der Waals surface area contributed by atoms with Gasteiger partial charge in [0.15, 0.2) is 0 Å². The molecule has 0 spiro atoms. The maximum absolute atomic E-state index is 9.75. The average molecular weight is 484 g/mol. The molecule has 34 heavy (non-hydrogen) atoms. The first kappa shape index (κ1) is 25.4. The van der Waals surface area contributed by atoms with Crippen molar-refractivity contribution in [1.29, 1.82) is 0 Å². The van der Waals surface area contributed by atoms with Gasteiger partial charge in [0.05, 0.1) is 0 Å². The van der Waals surface area contributed by atoms with E-state index in [0.29, 0.717) is 0 Å². The Labute approximate surface area is 201 Å². The average Bonchev–Trinajstić information content (AvgIpc) is 2.78. The lowest BCUT2D eigenvalue weighted by Gasteiger charge is -2.21. The predicted molar refractivity (Wildman–Crippen MR) is 136 cm³/mol. The van der Waals surface area contributed by atoms with Gasteiger partial charge >= 0.3 is 7.25 Å².